The lowest BCUT2D eigenvalue weighted by Crippen LogP contribution is -2.34. The van der Waals surface area contributed by atoms with Crippen molar-refractivity contribution in [3.05, 3.63) is 29.4 Å². The number of anilines is 1. The van der Waals surface area contributed by atoms with Gasteiger partial charge in [0.2, 0.25) is 0 Å². The van der Waals surface area contributed by atoms with Gasteiger partial charge in [0.05, 0.1) is 16.8 Å². The van der Waals surface area contributed by atoms with E-state index in [2.05, 4.69) is 67.1 Å². The third-order valence-electron chi connectivity index (χ3n) is 4.84. The van der Waals surface area contributed by atoms with E-state index in [1.54, 1.807) is 17.7 Å². The van der Waals surface area contributed by atoms with Crippen LogP contribution >= 0.6 is 11.3 Å². The maximum atomic E-state index is 4.54. The topological polar surface area (TPSA) is 63.0 Å². The molecule has 0 unspecified atom stereocenters. The summed E-state index contributed by atoms with van der Waals surface area (Å²) in [7, 11) is 6.19. The molecular formula is C17H23N7S. The average Bonchev–Trinajstić information content (AvgIpc) is 3.22. The third-order valence-corrected chi connectivity index (χ3v) is 5.74. The number of hydrogen-bond acceptors (Lipinski definition) is 7. The zero-order chi connectivity index (χ0) is 17.4. The number of fused-ring (bicyclic) bond motifs is 1. The van der Waals surface area contributed by atoms with Crippen LogP contribution in [0.3, 0.4) is 0 Å². The number of aromatic nitrogens is 5. The Kier molecular flexibility index (Phi) is 4.39. The highest BCUT2D eigenvalue weighted by Crippen LogP contribution is 2.33. The fourth-order valence-corrected chi connectivity index (χ4v) is 4.36. The van der Waals surface area contributed by atoms with Gasteiger partial charge in [-0.05, 0) is 38.4 Å². The van der Waals surface area contributed by atoms with Gasteiger partial charge in [-0.25, -0.2) is 9.97 Å². The molecule has 0 atom stereocenters. The van der Waals surface area contributed by atoms with Crippen LogP contribution in [0.15, 0.2) is 17.8 Å². The van der Waals surface area contributed by atoms with Gasteiger partial charge in [-0.3, -0.25) is 0 Å². The van der Waals surface area contributed by atoms with Gasteiger partial charge in [0.25, 0.3) is 0 Å². The molecule has 0 aliphatic carbocycles. The Balaban J connectivity index is 1.48. The maximum absolute atomic E-state index is 4.54. The van der Waals surface area contributed by atoms with E-state index < -0.39 is 0 Å². The summed E-state index contributed by atoms with van der Waals surface area (Å²) < 4.78 is 3.36. The lowest BCUT2D eigenvalue weighted by atomic mass is 9.96. The molecule has 1 aliphatic heterocycles. The summed E-state index contributed by atoms with van der Waals surface area (Å²) in [5.41, 5.74) is 1.04. The van der Waals surface area contributed by atoms with Crippen molar-refractivity contribution in [1.82, 2.24) is 29.6 Å². The van der Waals surface area contributed by atoms with Gasteiger partial charge in [0.15, 0.2) is 0 Å². The molecule has 0 amide bonds. The molecule has 7 nitrogen and oxygen atoms in total. The lowest BCUT2D eigenvalue weighted by Gasteiger charge is -2.32. The van der Waals surface area contributed by atoms with E-state index in [0.29, 0.717) is 5.92 Å². The van der Waals surface area contributed by atoms with Crippen LogP contribution in [0.25, 0.3) is 10.2 Å². The first-order chi connectivity index (χ1) is 12.1. The Morgan fingerprint density at radius 2 is 2.00 bits per heavy atom. The molecule has 4 heterocycles. The van der Waals surface area contributed by atoms with Crippen molar-refractivity contribution in [3.63, 3.8) is 0 Å². The minimum absolute atomic E-state index is 0.463. The van der Waals surface area contributed by atoms with Crippen LogP contribution in [-0.4, -0.2) is 56.8 Å². The van der Waals surface area contributed by atoms with Crippen LogP contribution in [0.2, 0.25) is 0 Å². The third kappa shape index (κ3) is 3.11. The van der Waals surface area contributed by atoms with Crippen molar-refractivity contribution in [1.29, 1.82) is 0 Å². The second-order valence-corrected chi connectivity index (χ2v) is 7.78. The van der Waals surface area contributed by atoms with Crippen molar-refractivity contribution in [2.24, 2.45) is 7.05 Å². The summed E-state index contributed by atoms with van der Waals surface area (Å²) in [5, 5.41) is 10.9. The van der Waals surface area contributed by atoms with Gasteiger partial charge in [-0.1, -0.05) is 0 Å². The Hall–Kier alpha value is -2.06. The minimum Gasteiger partial charge on any atom is -0.355 e. The summed E-state index contributed by atoms with van der Waals surface area (Å²) in [5.74, 6) is 3.68. The molecule has 3 aromatic heterocycles. The Morgan fingerprint density at radius 3 is 2.76 bits per heavy atom. The Morgan fingerprint density at radius 1 is 1.20 bits per heavy atom. The number of rotatable bonds is 4. The standard InChI is InChI=1S/C17H23N7S/c1-22(2)10-14-20-21-16(23(14)3)12-4-7-24(8-5-12)17-15-13(6-9-25-15)18-11-19-17/h6,9,11-12H,4-5,7-8,10H2,1-3H3. The van der Waals surface area contributed by atoms with Crippen LogP contribution < -0.4 is 4.90 Å². The molecule has 8 heteroatoms. The van der Waals surface area contributed by atoms with E-state index in [0.717, 1.165) is 55.5 Å². The molecule has 0 N–H and O–H groups in total. The van der Waals surface area contributed by atoms with E-state index >= 15 is 0 Å². The summed E-state index contributed by atoms with van der Waals surface area (Å²) >= 11 is 1.72. The van der Waals surface area contributed by atoms with Gasteiger partial charge in [0, 0.05) is 26.1 Å². The molecule has 0 saturated carbocycles. The number of hydrogen-bond donors (Lipinski definition) is 0. The molecule has 132 valence electrons. The zero-order valence-electron chi connectivity index (χ0n) is 14.9. The predicted molar refractivity (Wildman–Crippen MR) is 100.0 cm³/mol. The van der Waals surface area contributed by atoms with Gasteiger partial charge in [-0.2, -0.15) is 0 Å². The molecule has 0 aromatic carbocycles. The van der Waals surface area contributed by atoms with Gasteiger partial charge < -0.3 is 14.4 Å². The van der Waals surface area contributed by atoms with Gasteiger partial charge in [0.1, 0.15) is 23.8 Å². The van der Waals surface area contributed by atoms with Crippen LogP contribution in [0.5, 0.6) is 0 Å². The molecule has 0 radical (unpaired) electrons. The fraction of sp³-hybridized carbons (Fsp3) is 0.529. The molecule has 1 aliphatic rings. The molecule has 1 fully saturated rings. The Labute approximate surface area is 151 Å². The highest BCUT2D eigenvalue weighted by Gasteiger charge is 2.26. The van der Waals surface area contributed by atoms with E-state index in [1.807, 2.05) is 0 Å². The number of thiophene rings is 1. The molecule has 4 rings (SSSR count). The van der Waals surface area contributed by atoms with Crippen LogP contribution in [-0.2, 0) is 13.6 Å². The minimum atomic E-state index is 0.463. The zero-order valence-corrected chi connectivity index (χ0v) is 15.7. The second-order valence-electron chi connectivity index (χ2n) is 6.86. The summed E-state index contributed by atoms with van der Waals surface area (Å²) in [6, 6.07) is 2.06. The van der Waals surface area contributed by atoms with Crippen LogP contribution in [0.4, 0.5) is 5.82 Å². The van der Waals surface area contributed by atoms with E-state index in [9.17, 15) is 0 Å². The SMILES string of the molecule is CN(C)Cc1nnc(C2CCN(c3ncnc4ccsc34)CC2)n1C. The van der Waals surface area contributed by atoms with E-state index in [-0.39, 0.29) is 0 Å². The largest absolute Gasteiger partial charge is 0.355 e. The van der Waals surface area contributed by atoms with Crippen molar-refractivity contribution >= 4 is 27.4 Å². The van der Waals surface area contributed by atoms with Crippen molar-refractivity contribution in [3.8, 4) is 0 Å². The predicted octanol–water partition coefficient (Wildman–Crippen LogP) is 2.27. The van der Waals surface area contributed by atoms with Crippen LogP contribution in [0.1, 0.15) is 30.4 Å². The molecule has 3 aromatic rings. The van der Waals surface area contributed by atoms with Crippen LogP contribution in [0, 0.1) is 0 Å². The van der Waals surface area contributed by atoms with Crippen molar-refractivity contribution in [2.75, 3.05) is 32.1 Å². The quantitative estimate of drug-likeness (QED) is 0.714. The first kappa shape index (κ1) is 16.4. The molecular weight excluding hydrogens is 334 g/mol. The molecule has 0 bridgehead atoms. The summed E-state index contributed by atoms with van der Waals surface area (Å²) in [6.45, 7) is 2.80. The first-order valence-corrected chi connectivity index (χ1v) is 9.47. The summed E-state index contributed by atoms with van der Waals surface area (Å²) in [6.07, 6.45) is 3.82. The van der Waals surface area contributed by atoms with Gasteiger partial charge in [-0.15, -0.1) is 21.5 Å². The maximum Gasteiger partial charge on any atom is 0.150 e. The highest BCUT2D eigenvalue weighted by molar-refractivity contribution is 7.17. The number of piperidine rings is 1. The first-order valence-electron chi connectivity index (χ1n) is 8.59. The van der Waals surface area contributed by atoms with Crippen molar-refractivity contribution in [2.45, 2.75) is 25.3 Å². The van der Waals surface area contributed by atoms with Gasteiger partial charge >= 0.3 is 0 Å². The smallest absolute Gasteiger partial charge is 0.150 e. The second kappa shape index (κ2) is 6.68. The summed E-state index contributed by atoms with van der Waals surface area (Å²) in [4.78, 5) is 13.4. The van der Waals surface area contributed by atoms with E-state index in [1.165, 1.54) is 4.70 Å². The number of nitrogens with zero attached hydrogens (tertiary/aromatic N) is 7. The highest BCUT2D eigenvalue weighted by atomic mass is 32.1. The Bertz CT molecular complexity index is 861. The lowest BCUT2D eigenvalue weighted by molar-refractivity contribution is 0.382. The fourth-order valence-electron chi connectivity index (χ4n) is 3.50. The van der Waals surface area contributed by atoms with E-state index in [4.69, 9.17) is 0 Å². The van der Waals surface area contributed by atoms with Crippen molar-refractivity contribution < 1.29 is 0 Å². The average molecular weight is 357 g/mol. The molecule has 0 spiro atoms. The normalized spacial score (nSPS) is 16.2. The molecule has 25 heavy (non-hydrogen) atoms. The monoisotopic (exact) mass is 357 g/mol. The molecule has 1 saturated heterocycles.